The van der Waals surface area contributed by atoms with Gasteiger partial charge in [-0.15, -0.1) is 0 Å². The molecule has 0 aliphatic carbocycles. The molecular weight excluding hydrogens is 402 g/mol. The van der Waals surface area contributed by atoms with Crippen molar-refractivity contribution in [1.82, 2.24) is 5.32 Å². The van der Waals surface area contributed by atoms with E-state index in [1.165, 1.54) is 25.7 Å². The van der Waals surface area contributed by atoms with Crippen molar-refractivity contribution in [2.75, 3.05) is 23.8 Å². The number of hydrogen-bond acceptors (Lipinski definition) is 4. The predicted molar refractivity (Wildman–Crippen MR) is 131 cm³/mol. The summed E-state index contributed by atoms with van der Waals surface area (Å²) < 4.78 is 5.80. The molecule has 174 valence electrons. The maximum atomic E-state index is 12.4. The molecule has 2 amide bonds. The fraction of sp³-hybridized carbons (Fsp3) is 0.462. The van der Waals surface area contributed by atoms with Crippen LogP contribution < -0.4 is 20.7 Å². The molecule has 6 heteroatoms. The SMILES string of the molecule is CCCCCCCOc1cccc(NC(=O)CNc2cccc(C(=O)NC(C)(C)C)c2)c1. The third-order valence-electron chi connectivity index (χ3n) is 4.70. The minimum atomic E-state index is -0.312. The third-order valence-corrected chi connectivity index (χ3v) is 4.70. The van der Waals surface area contributed by atoms with Crippen LogP contribution in [0.15, 0.2) is 48.5 Å². The molecule has 0 aliphatic heterocycles. The number of carbonyl (C=O) groups is 2. The van der Waals surface area contributed by atoms with Crippen LogP contribution >= 0.6 is 0 Å². The first-order valence-corrected chi connectivity index (χ1v) is 11.5. The summed E-state index contributed by atoms with van der Waals surface area (Å²) in [5.41, 5.74) is 1.64. The van der Waals surface area contributed by atoms with Crippen LogP contribution in [0, 0.1) is 0 Å². The maximum Gasteiger partial charge on any atom is 0.251 e. The van der Waals surface area contributed by atoms with Crippen molar-refractivity contribution in [2.45, 2.75) is 65.3 Å². The van der Waals surface area contributed by atoms with Crippen LogP contribution in [-0.2, 0) is 4.79 Å². The van der Waals surface area contributed by atoms with Crippen LogP contribution in [-0.4, -0.2) is 30.5 Å². The highest BCUT2D eigenvalue weighted by Gasteiger charge is 2.15. The zero-order chi connectivity index (χ0) is 23.4. The highest BCUT2D eigenvalue weighted by Crippen LogP contribution is 2.18. The van der Waals surface area contributed by atoms with E-state index in [9.17, 15) is 9.59 Å². The van der Waals surface area contributed by atoms with Crippen LogP contribution in [0.3, 0.4) is 0 Å². The molecule has 3 N–H and O–H groups in total. The second-order valence-electron chi connectivity index (χ2n) is 8.98. The minimum absolute atomic E-state index is 0.0901. The van der Waals surface area contributed by atoms with Crippen molar-refractivity contribution < 1.29 is 14.3 Å². The number of rotatable bonds is 12. The van der Waals surface area contributed by atoms with Crippen molar-refractivity contribution in [3.63, 3.8) is 0 Å². The van der Waals surface area contributed by atoms with Gasteiger partial charge in [-0.1, -0.05) is 44.7 Å². The van der Waals surface area contributed by atoms with Gasteiger partial charge in [0.05, 0.1) is 13.2 Å². The van der Waals surface area contributed by atoms with Crippen LogP contribution in [0.1, 0.15) is 70.2 Å². The summed E-state index contributed by atoms with van der Waals surface area (Å²) in [5, 5.41) is 8.89. The van der Waals surface area contributed by atoms with Crippen molar-refractivity contribution in [3.05, 3.63) is 54.1 Å². The van der Waals surface area contributed by atoms with E-state index in [0.29, 0.717) is 23.5 Å². The third kappa shape index (κ3) is 9.86. The lowest BCUT2D eigenvalue weighted by Crippen LogP contribution is -2.40. The van der Waals surface area contributed by atoms with Gasteiger partial charge < -0.3 is 20.7 Å². The van der Waals surface area contributed by atoms with Gasteiger partial charge in [0.25, 0.3) is 5.91 Å². The monoisotopic (exact) mass is 439 g/mol. The Balaban J connectivity index is 1.81. The van der Waals surface area contributed by atoms with Gasteiger partial charge >= 0.3 is 0 Å². The van der Waals surface area contributed by atoms with Crippen molar-refractivity contribution >= 4 is 23.2 Å². The maximum absolute atomic E-state index is 12.4. The van der Waals surface area contributed by atoms with Crippen molar-refractivity contribution in [2.24, 2.45) is 0 Å². The number of amides is 2. The molecule has 0 heterocycles. The quantitative estimate of drug-likeness (QED) is 0.375. The Morgan fingerprint density at radius 1 is 0.906 bits per heavy atom. The van der Waals surface area contributed by atoms with E-state index in [1.807, 2.05) is 51.1 Å². The Bertz CT molecular complexity index is 875. The van der Waals surface area contributed by atoms with Gasteiger partial charge in [-0.05, 0) is 57.5 Å². The average molecular weight is 440 g/mol. The van der Waals surface area contributed by atoms with Crippen LogP contribution in [0.2, 0.25) is 0 Å². The number of carbonyl (C=O) groups excluding carboxylic acids is 2. The molecule has 0 unspecified atom stereocenters. The lowest BCUT2D eigenvalue weighted by Gasteiger charge is -2.20. The largest absolute Gasteiger partial charge is 0.494 e. The number of hydrogen-bond donors (Lipinski definition) is 3. The Kier molecular flexibility index (Phi) is 10.1. The summed E-state index contributed by atoms with van der Waals surface area (Å²) in [6.45, 7) is 8.78. The summed E-state index contributed by atoms with van der Waals surface area (Å²) >= 11 is 0. The average Bonchev–Trinajstić information content (AvgIpc) is 2.74. The highest BCUT2D eigenvalue weighted by molar-refractivity contribution is 5.96. The molecule has 6 nitrogen and oxygen atoms in total. The second kappa shape index (κ2) is 12.7. The fourth-order valence-electron chi connectivity index (χ4n) is 3.13. The minimum Gasteiger partial charge on any atom is -0.494 e. The molecule has 2 aromatic carbocycles. The number of anilines is 2. The molecule has 0 saturated carbocycles. The Hall–Kier alpha value is -3.02. The van der Waals surface area contributed by atoms with E-state index in [-0.39, 0.29) is 23.9 Å². The first-order chi connectivity index (χ1) is 15.3. The molecule has 0 saturated heterocycles. The molecule has 0 atom stereocenters. The molecule has 2 rings (SSSR count). The van der Waals surface area contributed by atoms with E-state index in [2.05, 4.69) is 22.9 Å². The summed E-state index contributed by atoms with van der Waals surface area (Å²) in [6.07, 6.45) is 5.95. The summed E-state index contributed by atoms with van der Waals surface area (Å²) in [6, 6.07) is 14.5. The van der Waals surface area contributed by atoms with E-state index >= 15 is 0 Å². The number of ether oxygens (including phenoxy) is 1. The number of nitrogens with one attached hydrogen (secondary N) is 3. The van der Waals surface area contributed by atoms with Crippen molar-refractivity contribution in [3.8, 4) is 5.75 Å². The normalized spacial score (nSPS) is 11.0. The first kappa shape index (κ1) is 25.2. The number of benzene rings is 2. The van der Waals surface area contributed by atoms with Gasteiger partial charge in [0, 0.05) is 28.5 Å². The van der Waals surface area contributed by atoms with E-state index in [4.69, 9.17) is 4.74 Å². The number of unbranched alkanes of at least 4 members (excludes halogenated alkanes) is 4. The highest BCUT2D eigenvalue weighted by atomic mass is 16.5. The first-order valence-electron chi connectivity index (χ1n) is 11.5. The predicted octanol–water partition coefficient (Wildman–Crippen LogP) is 5.61. The van der Waals surface area contributed by atoms with Gasteiger partial charge in [-0.2, -0.15) is 0 Å². The van der Waals surface area contributed by atoms with Gasteiger partial charge in [0.15, 0.2) is 0 Å². The van der Waals surface area contributed by atoms with Gasteiger partial charge in [-0.3, -0.25) is 9.59 Å². The van der Waals surface area contributed by atoms with Gasteiger partial charge in [0.2, 0.25) is 5.91 Å². The zero-order valence-electron chi connectivity index (χ0n) is 19.8. The second-order valence-corrected chi connectivity index (χ2v) is 8.98. The fourth-order valence-corrected chi connectivity index (χ4v) is 3.13. The lowest BCUT2D eigenvalue weighted by atomic mass is 10.1. The summed E-state index contributed by atoms with van der Waals surface area (Å²) in [4.78, 5) is 24.7. The summed E-state index contributed by atoms with van der Waals surface area (Å²) in [5.74, 6) is 0.433. The lowest BCUT2D eigenvalue weighted by molar-refractivity contribution is -0.114. The van der Waals surface area contributed by atoms with E-state index in [0.717, 1.165) is 12.2 Å². The van der Waals surface area contributed by atoms with E-state index < -0.39 is 0 Å². The van der Waals surface area contributed by atoms with Crippen LogP contribution in [0.4, 0.5) is 11.4 Å². The Labute approximate surface area is 192 Å². The van der Waals surface area contributed by atoms with Gasteiger partial charge in [0.1, 0.15) is 5.75 Å². The van der Waals surface area contributed by atoms with Crippen molar-refractivity contribution in [1.29, 1.82) is 0 Å². The molecule has 0 fully saturated rings. The molecule has 0 radical (unpaired) electrons. The molecule has 0 spiro atoms. The topological polar surface area (TPSA) is 79.5 Å². The Morgan fingerprint density at radius 2 is 1.62 bits per heavy atom. The molecule has 0 aliphatic rings. The molecule has 0 bridgehead atoms. The van der Waals surface area contributed by atoms with Crippen LogP contribution in [0.5, 0.6) is 5.75 Å². The molecule has 0 aromatic heterocycles. The smallest absolute Gasteiger partial charge is 0.251 e. The van der Waals surface area contributed by atoms with Gasteiger partial charge in [-0.25, -0.2) is 0 Å². The Morgan fingerprint density at radius 3 is 2.38 bits per heavy atom. The standard InChI is InChI=1S/C26H37N3O3/c1-5-6-7-8-9-16-32-23-15-11-14-22(18-23)28-24(30)19-27-21-13-10-12-20(17-21)25(31)29-26(2,3)4/h10-15,17-18,27H,5-9,16,19H2,1-4H3,(H,28,30)(H,29,31). The molecular formula is C26H37N3O3. The molecule has 32 heavy (non-hydrogen) atoms. The van der Waals surface area contributed by atoms with Crippen LogP contribution in [0.25, 0.3) is 0 Å². The summed E-state index contributed by atoms with van der Waals surface area (Å²) in [7, 11) is 0. The molecule has 2 aromatic rings. The van der Waals surface area contributed by atoms with E-state index in [1.54, 1.807) is 18.2 Å². The zero-order valence-corrected chi connectivity index (χ0v) is 19.8.